The van der Waals surface area contributed by atoms with Gasteiger partial charge in [-0.3, -0.25) is 4.68 Å². The van der Waals surface area contributed by atoms with E-state index in [4.69, 9.17) is 28.9 Å². The number of aromatic nitrogens is 3. The molecule has 0 aliphatic heterocycles. The average molecular weight is 257 g/mol. The van der Waals surface area contributed by atoms with Crippen LogP contribution in [-0.2, 0) is 7.05 Å². The molecular formula is C10H10Cl2N4. The third kappa shape index (κ3) is 2.19. The molecule has 1 unspecified atom stereocenters. The fourth-order valence-electron chi connectivity index (χ4n) is 1.50. The second kappa shape index (κ2) is 4.41. The molecule has 84 valence electrons. The van der Waals surface area contributed by atoms with Gasteiger partial charge in [0.2, 0.25) is 0 Å². The Labute approximate surface area is 103 Å². The zero-order valence-corrected chi connectivity index (χ0v) is 10.1. The first-order chi connectivity index (χ1) is 7.58. The zero-order chi connectivity index (χ0) is 11.7. The maximum absolute atomic E-state index is 6.08. The van der Waals surface area contributed by atoms with Crippen molar-refractivity contribution in [3.05, 3.63) is 45.7 Å². The predicted octanol–water partition coefficient (Wildman–Crippen LogP) is 2.17. The van der Waals surface area contributed by atoms with Crippen molar-refractivity contribution in [2.45, 2.75) is 6.04 Å². The van der Waals surface area contributed by atoms with Crippen LogP contribution in [0.3, 0.4) is 0 Å². The van der Waals surface area contributed by atoms with E-state index in [0.29, 0.717) is 10.0 Å². The van der Waals surface area contributed by atoms with Gasteiger partial charge in [0.1, 0.15) is 0 Å². The van der Waals surface area contributed by atoms with Gasteiger partial charge in [0.05, 0.1) is 17.9 Å². The summed E-state index contributed by atoms with van der Waals surface area (Å²) >= 11 is 11.8. The fraction of sp³-hybridized carbons (Fsp3) is 0.200. The maximum Gasteiger partial charge on any atom is 0.0796 e. The highest BCUT2D eigenvalue weighted by Gasteiger charge is 2.14. The van der Waals surface area contributed by atoms with Gasteiger partial charge in [0.15, 0.2) is 0 Å². The summed E-state index contributed by atoms with van der Waals surface area (Å²) in [5.74, 6) is 0. The highest BCUT2D eigenvalue weighted by atomic mass is 35.5. The summed E-state index contributed by atoms with van der Waals surface area (Å²) in [6, 6.07) is 4.90. The molecule has 0 saturated heterocycles. The molecule has 0 aliphatic rings. The molecule has 0 amide bonds. The smallest absolute Gasteiger partial charge is 0.0796 e. The molecule has 2 aromatic rings. The molecule has 0 radical (unpaired) electrons. The van der Waals surface area contributed by atoms with Crippen LogP contribution < -0.4 is 5.73 Å². The van der Waals surface area contributed by atoms with Crippen molar-refractivity contribution in [3.63, 3.8) is 0 Å². The van der Waals surface area contributed by atoms with E-state index in [1.54, 1.807) is 36.1 Å². The summed E-state index contributed by atoms with van der Waals surface area (Å²) in [6.07, 6.45) is 1.62. The van der Waals surface area contributed by atoms with Gasteiger partial charge >= 0.3 is 0 Å². The first-order valence-corrected chi connectivity index (χ1v) is 5.39. The molecule has 2 N–H and O–H groups in total. The predicted molar refractivity (Wildman–Crippen MR) is 63.5 cm³/mol. The number of nitrogens with zero attached hydrogens (tertiary/aromatic N) is 3. The number of halogens is 2. The summed E-state index contributed by atoms with van der Waals surface area (Å²) < 4.78 is 1.62. The normalized spacial score (nSPS) is 12.8. The SMILES string of the molecule is Cn1nncc1C(N)c1cc(Cl)cc(Cl)c1. The van der Waals surface area contributed by atoms with Crippen LogP contribution in [0.25, 0.3) is 0 Å². The van der Waals surface area contributed by atoms with Crippen molar-refractivity contribution in [1.29, 1.82) is 0 Å². The van der Waals surface area contributed by atoms with E-state index in [9.17, 15) is 0 Å². The van der Waals surface area contributed by atoms with Crippen LogP contribution in [0.4, 0.5) is 0 Å². The van der Waals surface area contributed by atoms with E-state index >= 15 is 0 Å². The molecule has 0 spiro atoms. The maximum atomic E-state index is 6.08. The van der Waals surface area contributed by atoms with Crippen LogP contribution in [-0.4, -0.2) is 15.0 Å². The van der Waals surface area contributed by atoms with Gasteiger partial charge in [-0.05, 0) is 23.8 Å². The lowest BCUT2D eigenvalue weighted by Gasteiger charge is -2.12. The third-order valence-electron chi connectivity index (χ3n) is 2.31. The summed E-state index contributed by atoms with van der Waals surface area (Å²) in [6.45, 7) is 0. The van der Waals surface area contributed by atoms with Crippen molar-refractivity contribution in [2.24, 2.45) is 12.8 Å². The number of nitrogens with two attached hydrogens (primary N) is 1. The molecule has 1 atom stereocenters. The highest BCUT2D eigenvalue weighted by Crippen LogP contribution is 2.25. The molecule has 6 heteroatoms. The Balaban J connectivity index is 2.41. The molecule has 1 aromatic carbocycles. The zero-order valence-electron chi connectivity index (χ0n) is 8.56. The van der Waals surface area contributed by atoms with Crippen LogP contribution in [0, 0.1) is 0 Å². The second-order valence-electron chi connectivity index (χ2n) is 3.46. The quantitative estimate of drug-likeness (QED) is 0.896. The highest BCUT2D eigenvalue weighted by molar-refractivity contribution is 6.34. The fourth-order valence-corrected chi connectivity index (χ4v) is 2.05. The van der Waals surface area contributed by atoms with Gasteiger partial charge in [-0.2, -0.15) is 0 Å². The molecule has 16 heavy (non-hydrogen) atoms. The number of benzene rings is 1. The molecule has 0 aliphatic carbocycles. The van der Waals surface area contributed by atoms with Crippen LogP contribution in [0.1, 0.15) is 17.3 Å². The first-order valence-electron chi connectivity index (χ1n) is 4.64. The van der Waals surface area contributed by atoms with Gasteiger partial charge in [-0.25, -0.2) is 0 Å². The average Bonchev–Trinajstić information content (AvgIpc) is 2.62. The Morgan fingerprint density at radius 1 is 1.25 bits per heavy atom. The second-order valence-corrected chi connectivity index (χ2v) is 4.34. The van der Waals surface area contributed by atoms with E-state index in [1.807, 2.05) is 0 Å². The van der Waals surface area contributed by atoms with Gasteiger partial charge in [0.25, 0.3) is 0 Å². The third-order valence-corrected chi connectivity index (χ3v) is 2.75. The van der Waals surface area contributed by atoms with E-state index in [-0.39, 0.29) is 6.04 Å². The van der Waals surface area contributed by atoms with Gasteiger partial charge in [0, 0.05) is 17.1 Å². The molecule has 2 rings (SSSR count). The first kappa shape index (κ1) is 11.4. The molecule has 0 bridgehead atoms. The molecule has 1 heterocycles. The van der Waals surface area contributed by atoms with E-state index in [0.717, 1.165) is 11.3 Å². The Kier molecular flexibility index (Phi) is 3.14. The monoisotopic (exact) mass is 256 g/mol. The van der Waals surface area contributed by atoms with Crippen LogP contribution in [0.15, 0.2) is 24.4 Å². The van der Waals surface area contributed by atoms with Crippen molar-refractivity contribution >= 4 is 23.2 Å². The van der Waals surface area contributed by atoms with Crippen LogP contribution in [0.2, 0.25) is 10.0 Å². The lowest BCUT2D eigenvalue weighted by atomic mass is 10.1. The molecular weight excluding hydrogens is 247 g/mol. The van der Waals surface area contributed by atoms with Crippen LogP contribution >= 0.6 is 23.2 Å². The van der Waals surface area contributed by atoms with Crippen molar-refractivity contribution < 1.29 is 0 Å². The number of hydrogen-bond donors (Lipinski definition) is 1. The number of aryl methyl sites for hydroxylation is 1. The summed E-state index contributed by atoms with van der Waals surface area (Å²) in [5.41, 5.74) is 7.72. The Morgan fingerprint density at radius 2 is 1.88 bits per heavy atom. The van der Waals surface area contributed by atoms with Crippen LogP contribution in [0.5, 0.6) is 0 Å². The van der Waals surface area contributed by atoms with Gasteiger partial charge in [-0.1, -0.05) is 28.4 Å². The van der Waals surface area contributed by atoms with E-state index in [1.165, 1.54) is 0 Å². The van der Waals surface area contributed by atoms with E-state index in [2.05, 4.69) is 10.3 Å². The number of rotatable bonds is 2. The van der Waals surface area contributed by atoms with Crippen molar-refractivity contribution in [1.82, 2.24) is 15.0 Å². The number of hydrogen-bond acceptors (Lipinski definition) is 3. The van der Waals surface area contributed by atoms with Crippen molar-refractivity contribution in [2.75, 3.05) is 0 Å². The molecule has 0 fully saturated rings. The summed E-state index contributed by atoms with van der Waals surface area (Å²) in [7, 11) is 1.79. The molecule has 0 saturated carbocycles. The minimum atomic E-state index is -0.337. The topological polar surface area (TPSA) is 56.7 Å². The lowest BCUT2D eigenvalue weighted by Crippen LogP contribution is -2.15. The minimum absolute atomic E-state index is 0.337. The lowest BCUT2D eigenvalue weighted by molar-refractivity contribution is 0.651. The largest absolute Gasteiger partial charge is 0.319 e. The van der Waals surface area contributed by atoms with Crippen molar-refractivity contribution in [3.8, 4) is 0 Å². The van der Waals surface area contributed by atoms with E-state index < -0.39 is 0 Å². The minimum Gasteiger partial charge on any atom is -0.319 e. The summed E-state index contributed by atoms with van der Waals surface area (Å²) in [5, 5.41) is 8.73. The van der Waals surface area contributed by atoms with Gasteiger partial charge in [-0.15, -0.1) is 5.10 Å². The van der Waals surface area contributed by atoms with Gasteiger partial charge < -0.3 is 5.73 Å². The Morgan fingerprint density at radius 3 is 2.38 bits per heavy atom. The Hall–Kier alpha value is -1.10. The molecule has 1 aromatic heterocycles. The Bertz CT molecular complexity index is 489. The molecule has 4 nitrogen and oxygen atoms in total. The standard InChI is InChI=1S/C10H10Cl2N4/c1-16-9(5-14-15-16)10(13)6-2-7(11)4-8(12)3-6/h2-5,10H,13H2,1H3. The summed E-state index contributed by atoms with van der Waals surface area (Å²) in [4.78, 5) is 0.